The highest BCUT2D eigenvalue weighted by molar-refractivity contribution is 5.40. The zero-order valence-electron chi connectivity index (χ0n) is 12.5. The summed E-state index contributed by atoms with van der Waals surface area (Å²) in [5.74, 6) is 1.64. The highest BCUT2D eigenvalue weighted by Gasteiger charge is 2.06. The SMILES string of the molecule is COc1ccc(OCCOCCO)c(CNC(C)C)c1. The molecule has 0 heterocycles. The van der Waals surface area contributed by atoms with Gasteiger partial charge >= 0.3 is 0 Å². The molecule has 1 aromatic carbocycles. The standard InChI is InChI=1S/C15H25NO4/c1-12(2)16-11-13-10-14(18-3)4-5-15(13)20-9-8-19-7-6-17/h4-5,10,12,16-17H,6-9,11H2,1-3H3. The van der Waals surface area contributed by atoms with Gasteiger partial charge < -0.3 is 24.6 Å². The fraction of sp³-hybridized carbons (Fsp3) is 0.600. The number of ether oxygens (including phenoxy) is 3. The molecule has 0 fully saturated rings. The molecule has 114 valence electrons. The molecule has 20 heavy (non-hydrogen) atoms. The molecule has 0 atom stereocenters. The molecule has 5 heteroatoms. The Morgan fingerprint density at radius 1 is 1.20 bits per heavy atom. The van der Waals surface area contributed by atoms with Crippen LogP contribution in [0.15, 0.2) is 18.2 Å². The largest absolute Gasteiger partial charge is 0.497 e. The molecule has 0 aliphatic carbocycles. The number of nitrogens with one attached hydrogen (secondary N) is 1. The van der Waals surface area contributed by atoms with Crippen LogP contribution >= 0.6 is 0 Å². The van der Waals surface area contributed by atoms with Gasteiger partial charge in [-0.2, -0.15) is 0 Å². The second-order valence-corrected chi connectivity index (χ2v) is 4.69. The quantitative estimate of drug-likeness (QED) is 0.638. The number of hydrogen-bond acceptors (Lipinski definition) is 5. The van der Waals surface area contributed by atoms with Crippen molar-refractivity contribution in [3.8, 4) is 11.5 Å². The summed E-state index contributed by atoms with van der Waals surface area (Å²) in [6.45, 7) is 6.22. The highest BCUT2D eigenvalue weighted by Crippen LogP contribution is 2.24. The summed E-state index contributed by atoms with van der Waals surface area (Å²) >= 11 is 0. The summed E-state index contributed by atoms with van der Waals surface area (Å²) in [5.41, 5.74) is 1.06. The topological polar surface area (TPSA) is 60.0 Å². The Morgan fingerprint density at radius 2 is 2.00 bits per heavy atom. The van der Waals surface area contributed by atoms with E-state index < -0.39 is 0 Å². The Bertz CT molecular complexity index is 382. The van der Waals surface area contributed by atoms with E-state index in [4.69, 9.17) is 19.3 Å². The molecule has 0 aliphatic rings. The van der Waals surface area contributed by atoms with Gasteiger partial charge in [-0.3, -0.25) is 0 Å². The van der Waals surface area contributed by atoms with E-state index in [1.165, 1.54) is 0 Å². The molecule has 0 saturated heterocycles. The van der Waals surface area contributed by atoms with Crippen molar-refractivity contribution in [2.45, 2.75) is 26.4 Å². The second-order valence-electron chi connectivity index (χ2n) is 4.69. The minimum atomic E-state index is 0.0338. The molecule has 0 radical (unpaired) electrons. The predicted molar refractivity (Wildman–Crippen MR) is 78.4 cm³/mol. The minimum absolute atomic E-state index is 0.0338. The summed E-state index contributed by atoms with van der Waals surface area (Å²) < 4.78 is 16.1. The minimum Gasteiger partial charge on any atom is -0.497 e. The van der Waals surface area contributed by atoms with Crippen molar-refractivity contribution in [3.63, 3.8) is 0 Å². The van der Waals surface area contributed by atoms with Crippen molar-refractivity contribution in [2.24, 2.45) is 0 Å². The Labute approximate surface area is 120 Å². The lowest BCUT2D eigenvalue weighted by Gasteiger charge is -2.15. The van der Waals surface area contributed by atoms with Crippen LogP contribution < -0.4 is 14.8 Å². The van der Waals surface area contributed by atoms with Crippen molar-refractivity contribution in [2.75, 3.05) is 33.5 Å². The molecule has 5 nitrogen and oxygen atoms in total. The number of benzene rings is 1. The Balaban J connectivity index is 2.57. The van der Waals surface area contributed by atoms with Crippen LogP contribution in [0.1, 0.15) is 19.4 Å². The maximum absolute atomic E-state index is 8.62. The molecule has 0 aromatic heterocycles. The summed E-state index contributed by atoms with van der Waals surface area (Å²) in [4.78, 5) is 0. The molecular formula is C15H25NO4. The Hall–Kier alpha value is -1.30. The van der Waals surface area contributed by atoms with E-state index in [2.05, 4.69) is 19.2 Å². The summed E-state index contributed by atoms with van der Waals surface area (Å²) in [6, 6.07) is 6.16. The zero-order valence-corrected chi connectivity index (χ0v) is 12.5. The maximum atomic E-state index is 8.62. The Morgan fingerprint density at radius 3 is 2.65 bits per heavy atom. The summed E-state index contributed by atoms with van der Waals surface area (Å²) in [7, 11) is 1.65. The molecule has 2 N–H and O–H groups in total. The van der Waals surface area contributed by atoms with E-state index in [-0.39, 0.29) is 6.61 Å². The molecule has 0 aliphatic heterocycles. The van der Waals surface area contributed by atoms with Gasteiger partial charge in [-0.1, -0.05) is 13.8 Å². The molecule has 0 spiro atoms. The highest BCUT2D eigenvalue weighted by atomic mass is 16.5. The molecule has 1 aromatic rings. The summed E-state index contributed by atoms with van der Waals surface area (Å²) in [5, 5.41) is 12.0. The van der Waals surface area contributed by atoms with Gasteiger partial charge in [-0.15, -0.1) is 0 Å². The number of hydrogen-bond donors (Lipinski definition) is 2. The lowest BCUT2D eigenvalue weighted by atomic mass is 10.1. The van der Waals surface area contributed by atoms with Crippen molar-refractivity contribution >= 4 is 0 Å². The average Bonchev–Trinajstić information content (AvgIpc) is 2.45. The third kappa shape index (κ3) is 6.23. The fourth-order valence-corrected chi connectivity index (χ4v) is 1.65. The van der Waals surface area contributed by atoms with E-state index >= 15 is 0 Å². The van der Waals surface area contributed by atoms with Crippen LogP contribution in [0, 0.1) is 0 Å². The van der Waals surface area contributed by atoms with Gasteiger partial charge in [-0.25, -0.2) is 0 Å². The lowest BCUT2D eigenvalue weighted by Crippen LogP contribution is -2.22. The van der Waals surface area contributed by atoms with Gasteiger partial charge in [0.1, 0.15) is 18.1 Å². The van der Waals surface area contributed by atoms with Crippen molar-refractivity contribution in [3.05, 3.63) is 23.8 Å². The smallest absolute Gasteiger partial charge is 0.124 e. The first kappa shape index (κ1) is 16.8. The van der Waals surface area contributed by atoms with E-state index in [1.807, 2.05) is 18.2 Å². The van der Waals surface area contributed by atoms with E-state index in [0.717, 1.165) is 23.6 Å². The zero-order chi connectivity index (χ0) is 14.8. The molecule has 0 saturated carbocycles. The number of aliphatic hydroxyl groups is 1. The van der Waals surface area contributed by atoms with E-state index in [9.17, 15) is 0 Å². The first-order chi connectivity index (χ1) is 9.67. The molecule has 0 amide bonds. The van der Waals surface area contributed by atoms with Gasteiger partial charge in [-0.05, 0) is 18.2 Å². The molecule has 0 bridgehead atoms. The maximum Gasteiger partial charge on any atom is 0.124 e. The first-order valence-electron chi connectivity index (χ1n) is 6.89. The van der Waals surface area contributed by atoms with Crippen LogP contribution in [-0.2, 0) is 11.3 Å². The van der Waals surface area contributed by atoms with Gasteiger partial charge in [0, 0.05) is 18.2 Å². The third-order valence-corrected chi connectivity index (χ3v) is 2.69. The van der Waals surface area contributed by atoms with Crippen molar-refractivity contribution in [1.82, 2.24) is 5.32 Å². The molecule has 0 unspecified atom stereocenters. The van der Waals surface area contributed by atoms with E-state index in [1.54, 1.807) is 7.11 Å². The first-order valence-corrected chi connectivity index (χ1v) is 6.89. The van der Waals surface area contributed by atoms with Crippen molar-refractivity contribution in [1.29, 1.82) is 0 Å². The van der Waals surface area contributed by atoms with Crippen LogP contribution in [0.5, 0.6) is 11.5 Å². The molecular weight excluding hydrogens is 258 g/mol. The lowest BCUT2D eigenvalue weighted by molar-refractivity contribution is 0.0702. The van der Waals surface area contributed by atoms with Crippen LogP contribution in [0.4, 0.5) is 0 Å². The summed E-state index contributed by atoms with van der Waals surface area (Å²) in [6.07, 6.45) is 0. The monoisotopic (exact) mass is 283 g/mol. The van der Waals surface area contributed by atoms with Crippen LogP contribution in [-0.4, -0.2) is 44.7 Å². The van der Waals surface area contributed by atoms with Crippen molar-refractivity contribution < 1.29 is 19.3 Å². The van der Waals surface area contributed by atoms with E-state index in [0.29, 0.717) is 25.9 Å². The predicted octanol–water partition coefficient (Wildman–Crippen LogP) is 1.58. The Kier molecular flexibility index (Phi) is 8.02. The number of aliphatic hydroxyl groups excluding tert-OH is 1. The van der Waals surface area contributed by atoms with Crippen LogP contribution in [0.3, 0.4) is 0 Å². The van der Waals surface area contributed by atoms with Gasteiger partial charge in [0.15, 0.2) is 0 Å². The van der Waals surface area contributed by atoms with Gasteiger partial charge in [0.2, 0.25) is 0 Å². The number of methoxy groups -OCH3 is 1. The normalized spacial score (nSPS) is 10.8. The van der Waals surface area contributed by atoms with Crippen LogP contribution in [0.25, 0.3) is 0 Å². The third-order valence-electron chi connectivity index (χ3n) is 2.69. The average molecular weight is 283 g/mol. The molecule has 1 rings (SSSR count). The number of rotatable bonds is 10. The van der Waals surface area contributed by atoms with Crippen LogP contribution in [0.2, 0.25) is 0 Å². The van der Waals surface area contributed by atoms with Gasteiger partial charge in [0.05, 0.1) is 26.9 Å². The van der Waals surface area contributed by atoms with Gasteiger partial charge in [0.25, 0.3) is 0 Å². The second kappa shape index (κ2) is 9.58. The fourth-order valence-electron chi connectivity index (χ4n) is 1.65.